The van der Waals surface area contributed by atoms with E-state index < -0.39 is 12.0 Å². The van der Waals surface area contributed by atoms with Gasteiger partial charge in [-0.1, -0.05) is 96.5 Å². The van der Waals surface area contributed by atoms with Crippen LogP contribution in [0.4, 0.5) is 4.79 Å². The van der Waals surface area contributed by atoms with Crippen molar-refractivity contribution in [2.45, 2.75) is 161 Å². The van der Waals surface area contributed by atoms with Gasteiger partial charge in [0.15, 0.2) is 12.4 Å². The molecule has 0 aromatic carbocycles. The first-order valence-corrected chi connectivity index (χ1v) is 18.0. The molecule has 252 valence electrons. The van der Waals surface area contributed by atoms with E-state index in [1.54, 1.807) is 6.92 Å². The Morgan fingerprint density at radius 2 is 1.18 bits per heavy atom. The molecule has 8 heteroatoms. The maximum atomic E-state index is 12.4. The van der Waals surface area contributed by atoms with Gasteiger partial charge in [-0.2, -0.15) is 0 Å². The molecule has 0 fully saturated rings. The minimum absolute atomic E-state index is 0.102. The highest BCUT2D eigenvalue weighted by molar-refractivity contribution is 5.83. The van der Waals surface area contributed by atoms with Crippen molar-refractivity contribution >= 4 is 17.9 Å². The number of hydrogen-bond acceptors (Lipinski definition) is 4. The molecule has 1 rings (SSSR count). The molecule has 0 saturated carbocycles. The molecule has 8 nitrogen and oxygen atoms in total. The number of nitrogens with zero attached hydrogens (tertiary/aromatic N) is 1. The Morgan fingerprint density at radius 3 is 1.82 bits per heavy atom. The Morgan fingerprint density at radius 1 is 0.636 bits per heavy atom. The van der Waals surface area contributed by atoms with Gasteiger partial charge in [0.05, 0.1) is 6.61 Å². The summed E-state index contributed by atoms with van der Waals surface area (Å²) in [6, 6.07) is 5.19. The van der Waals surface area contributed by atoms with Gasteiger partial charge < -0.3 is 20.7 Å². The average molecular weight is 618 g/mol. The summed E-state index contributed by atoms with van der Waals surface area (Å²) in [5.41, 5.74) is 0. The first-order valence-electron chi connectivity index (χ1n) is 18.0. The van der Waals surface area contributed by atoms with E-state index >= 15 is 0 Å². The lowest BCUT2D eigenvalue weighted by Crippen LogP contribution is -2.47. The van der Waals surface area contributed by atoms with Crippen LogP contribution in [0, 0.1) is 0 Å². The number of aromatic nitrogens is 1. The van der Waals surface area contributed by atoms with E-state index in [4.69, 9.17) is 4.74 Å². The van der Waals surface area contributed by atoms with E-state index in [1.165, 1.54) is 83.5 Å². The van der Waals surface area contributed by atoms with Gasteiger partial charge in [0.2, 0.25) is 5.91 Å². The van der Waals surface area contributed by atoms with Crippen molar-refractivity contribution in [1.82, 2.24) is 16.0 Å². The second-order valence-corrected chi connectivity index (χ2v) is 12.1. The molecule has 3 amide bonds. The summed E-state index contributed by atoms with van der Waals surface area (Å²) in [5, 5.41) is 8.66. The van der Waals surface area contributed by atoms with E-state index in [-0.39, 0.29) is 18.5 Å². The lowest BCUT2D eigenvalue weighted by Gasteiger charge is -2.18. The highest BCUT2D eigenvalue weighted by atomic mass is 16.5. The highest BCUT2D eigenvalue weighted by Crippen LogP contribution is 2.11. The molecule has 44 heavy (non-hydrogen) atoms. The Kier molecular flexibility index (Phi) is 26.0. The van der Waals surface area contributed by atoms with Crippen molar-refractivity contribution in [2.24, 2.45) is 0 Å². The number of urea groups is 1. The number of aryl methyl sites for hydroxylation is 1. The zero-order valence-electron chi connectivity index (χ0n) is 28.2. The summed E-state index contributed by atoms with van der Waals surface area (Å²) in [6.45, 7) is 6.56. The number of rotatable bonds is 29. The van der Waals surface area contributed by atoms with Crippen LogP contribution in [-0.4, -0.2) is 43.6 Å². The zero-order valence-corrected chi connectivity index (χ0v) is 28.2. The summed E-state index contributed by atoms with van der Waals surface area (Å²) in [6.07, 6.45) is 27.4. The highest BCUT2D eigenvalue weighted by Gasteiger charge is 2.21. The zero-order chi connectivity index (χ0) is 31.9. The number of nitrogens with one attached hydrogen (secondary N) is 3. The first-order chi connectivity index (χ1) is 21.6. The normalized spacial score (nSPS) is 11.6. The van der Waals surface area contributed by atoms with E-state index in [1.807, 2.05) is 6.07 Å². The van der Waals surface area contributed by atoms with Crippen molar-refractivity contribution in [3.8, 4) is 0 Å². The van der Waals surface area contributed by atoms with Crippen LogP contribution < -0.4 is 20.5 Å². The van der Waals surface area contributed by atoms with Crippen molar-refractivity contribution in [3.63, 3.8) is 0 Å². The topological polar surface area (TPSA) is 100 Å². The molecular weight excluding hydrogens is 552 g/mol. The maximum absolute atomic E-state index is 12.4. The molecule has 1 aromatic rings. The van der Waals surface area contributed by atoms with Gasteiger partial charge in [-0.3, -0.25) is 4.79 Å². The monoisotopic (exact) mass is 618 g/mol. The van der Waals surface area contributed by atoms with Crippen molar-refractivity contribution in [3.05, 3.63) is 30.6 Å². The van der Waals surface area contributed by atoms with Gasteiger partial charge in [-0.05, 0) is 45.4 Å². The number of carbonyl (C=O) groups is 3. The van der Waals surface area contributed by atoms with Gasteiger partial charge in [-0.15, -0.1) is 0 Å². The predicted molar refractivity (Wildman–Crippen MR) is 179 cm³/mol. The maximum Gasteiger partial charge on any atom is 0.328 e. The molecule has 1 heterocycles. The quantitative estimate of drug-likeness (QED) is 0.0491. The van der Waals surface area contributed by atoms with E-state index in [0.29, 0.717) is 32.4 Å². The molecule has 0 aliphatic heterocycles. The molecule has 0 aliphatic rings. The summed E-state index contributed by atoms with van der Waals surface area (Å²) < 4.78 is 7.41. The molecule has 0 aliphatic carbocycles. The fourth-order valence-electron chi connectivity index (χ4n) is 5.35. The third-order valence-electron chi connectivity index (χ3n) is 8.03. The van der Waals surface area contributed by atoms with Crippen LogP contribution in [0.3, 0.4) is 0 Å². The fourth-order valence-corrected chi connectivity index (χ4v) is 5.35. The van der Waals surface area contributed by atoms with E-state index in [2.05, 4.69) is 52.0 Å². The van der Waals surface area contributed by atoms with E-state index in [9.17, 15) is 14.4 Å². The van der Waals surface area contributed by atoms with Crippen molar-refractivity contribution in [2.75, 3.05) is 19.7 Å². The number of amides is 3. The Hall–Kier alpha value is -2.64. The second kappa shape index (κ2) is 29.1. The number of pyridine rings is 1. The van der Waals surface area contributed by atoms with E-state index in [0.717, 1.165) is 38.6 Å². The lowest BCUT2D eigenvalue weighted by molar-refractivity contribution is -0.697. The van der Waals surface area contributed by atoms with Crippen LogP contribution in [0.15, 0.2) is 30.6 Å². The third-order valence-corrected chi connectivity index (χ3v) is 8.03. The number of hydrogen-bond donors (Lipinski definition) is 3. The molecule has 0 radical (unpaired) electrons. The Labute approximate surface area is 268 Å². The fraction of sp³-hybridized carbons (Fsp3) is 0.778. The molecule has 0 spiro atoms. The number of carbonyl (C=O) groups excluding carboxylic acids is 3. The molecule has 1 unspecified atom stereocenters. The minimum Gasteiger partial charge on any atom is -0.464 e. The average Bonchev–Trinajstić information content (AvgIpc) is 3.02. The van der Waals surface area contributed by atoms with Gasteiger partial charge in [0.25, 0.3) is 0 Å². The molecule has 1 atom stereocenters. The Bertz CT molecular complexity index is 837. The minimum atomic E-state index is -0.673. The van der Waals surface area contributed by atoms with Gasteiger partial charge in [0, 0.05) is 38.1 Å². The number of esters is 1. The molecule has 3 N–H and O–H groups in total. The van der Waals surface area contributed by atoms with Gasteiger partial charge in [0.1, 0.15) is 12.6 Å². The van der Waals surface area contributed by atoms with Crippen LogP contribution in [0.1, 0.15) is 149 Å². The van der Waals surface area contributed by atoms with Crippen molar-refractivity contribution < 1.29 is 23.7 Å². The Balaban J connectivity index is 2.04. The standard InChI is InChI=1S/C36H64N4O4/c1-3-5-6-7-8-9-12-15-19-27-34(41)37-28-22-20-26-33(35(42)44-4-2)39-36(43)38-29-21-16-13-10-11-14-17-23-30-40-31-24-18-25-32-40/h18,24-25,31-33H,3-17,19-23,26-30H2,1-2H3,(H2-,37,38,39,41,43)/p+1. The largest absolute Gasteiger partial charge is 0.464 e. The summed E-state index contributed by atoms with van der Waals surface area (Å²) in [7, 11) is 0. The van der Waals surface area contributed by atoms with Crippen LogP contribution in [0.2, 0.25) is 0 Å². The number of ether oxygens (including phenoxy) is 1. The summed E-state index contributed by atoms with van der Waals surface area (Å²) in [4.78, 5) is 36.9. The predicted octanol–water partition coefficient (Wildman–Crippen LogP) is 7.53. The van der Waals surface area contributed by atoms with Gasteiger partial charge >= 0.3 is 12.0 Å². The molecular formula is C36H65N4O4+. The molecule has 0 bridgehead atoms. The van der Waals surface area contributed by atoms with Crippen LogP contribution in [0.25, 0.3) is 0 Å². The van der Waals surface area contributed by atoms with Crippen LogP contribution in [-0.2, 0) is 20.9 Å². The number of unbranched alkanes of at least 4 members (excludes halogenated alkanes) is 16. The van der Waals surface area contributed by atoms with Crippen LogP contribution >= 0.6 is 0 Å². The molecule has 1 aromatic heterocycles. The summed E-state index contributed by atoms with van der Waals surface area (Å²) in [5.74, 6) is -0.301. The van der Waals surface area contributed by atoms with Gasteiger partial charge in [-0.25, -0.2) is 14.2 Å². The smallest absolute Gasteiger partial charge is 0.328 e. The molecule has 0 saturated heterocycles. The van der Waals surface area contributed by atoms with Crippen molar-refractivity contribution in [1.29, 1.82) is 0 Å². The first kappa shape index (κ1) is 39.4. The summed E-state index contributed by atoms with van der Waals surface area (Å²) >= 11 is 0. The third kappa shape index (κ3) is 23.8. The van der Waals surface area contributed by atoms with Crippen LogP contribution in [0.5, 0.6) is 0 Å². The lowest BCUT2D eigenvalue weighted by atomic mass is 10.1. The SMILES string of the molecule is CCCCCCCCCCCC(=O)NCCCCC(NC(=O)NCCCCCCCCCC[n+]1ccccc1)C(=O)OCC. The second-order valence-electron chi connectivity index (χ2n) is 12.1.